The van der Waals surface area contributed by atoms with Crippen LogP contribution < -0.4 is 26.6 Å². The minimum atomic E-state index is -1.53. The van der Waals surface area contributed by atoms with Gasteiger partial charge in [0.25, 0.3) is 0 Å². The number of carbonyl (C=O) groups is 5. The first-order valence-electron chi connectivity index (χ1n) is 13.8. The molecule has 0 spiro atoms. The molecule has 13 nitrogen and oxygen atoms in total. The van der Waals surface area contributed by atoms with Gasteiger partial charge in [0.15, 0.2) is 0 Å². The van der Waals surface area contributed by atoms with Crippen LogP contribution in [0.4, 0.5) is 0 Å². The molecule has 1 fully saturated rings. The number of benzene rings is 2. The number of aliphatic hydroxyl groups is 1. The highest BCUT2D eigenvalue weighted by atomic mass is 32.1. The SMILES string of the molecule is O=C(O)[C@H](CS)NC(=O)[C@H](CO)NC(=O)[C@H](Cc1ccc(O)cc1)NC(=O)[C@H](Cc1ccccc1)NC(=O)[C@@H]1CCCN1. The molecule has 1 heterocycles. The zero-order valence-corrected chi connectivity index (χ0v) is 24.3. The summed E-state index contributed by atoms with van der Waals surface area (Å²) in [5.41, 5.74) is 1.33. The number of aliphatic hydroxyl groups excluding tert-OH is 1. The monoisotopic (exact) mass is 615 g/mol. The van der Waals surface area contributed by atoms with Gasteiger partial charge in [-0.25, -0.2) is 4.79 Å². The van der Waals surface area contributed by atoms with E-state index in [1.54, 1.807) is 36.4 Å². The summed E-state index contributed by atoms with van der Waals surface area (Å²) in [6.45, 7) is -0.166. The molecule has 1 aliphatic rings. The van der Waals surface area contributed by atoms with Gasteiger partial charge in [0, 0.05) is 18.6 Å². The van der Waals surface area contributed by atoms with Crippen LogP contribution in [0.5, 0.6) is 5.75 Å². The van der Waals surface area contributed by atoms with Crippen molar-refractivity contribution in [3.05, 3.63) is 65.7 Å². The maximum atomic E-state index is 13.6. The first-order valence-corrected chi connectivity index (χ1v) is 14.5. The molecule has 0 saturated carbocycles. The molecule has 0 bridgehead atoms. The van der Waals surface area contributed by atoms with Crippen molar-refractivity contribution in [1.29, 1.82) is 0 Å². The van der Waals surface area contributed by atoms with E-state index in [0.717, 1.165) is 12.0 Å². The van der Waals surface area contributed by atoms with Gasteiger partial charge in [0.1, 0.15) is 29.9 Å². The van der Waals surface area contributed by atoms with Crippen molar-refractivity contribution in [1.82, 2.24) is 26.6 Å². The van der Waals surface area contributed by atoms with Crippen LogP contribution in [0.2, 0.25) is 0 Å². The Morgan fingerprint density at radius 1 is 0.791 bits per heavy atom. The van der Waals surface area contributed by atoms with Crippen LogP contribution in [0.1, 0.15) is 24.0 Å². The van der Waals surface area contributed by atoms with E-state index < -0.39 is 60.5 Å². The molecule has 2 aromatic carbocycles. The number of phenolic OH excluding ortho intramolecular Hbond substituents is 1. The van der Waals surface area contributed by atoms with Crippen molar-refractivity contribution in [2.45, 2.75) is 55.9 Å². The van der Waals surface area contributed by atoms with E-state index in [9.17, 15) is 39.3 Å². The lowest BCUT2D eigenvalue weighted by Gasteiger charge is -2.26. The molecule has 5 atom stereocenters. The van der Waals surface area contributed by atoms with Crippen LogP contribution in [0.3, 0.4) is 0 Å². The van der Waals surface area contributed by atoms with E-state index in [0.29, 0.717) is 18.5 Å². The summed E-state index contributed by atoms with van der Waals surface area (Å²) < 4.78 is 0. The van der Waals surface area contributed by atoms with E-state index >= 15 is 0 Å². The summed E-state index contributed by atoms with van der Waals surface area (Å²) in [4.78, 5) is 63.9. The second kappa shape index (κ2) is 16.5. The van der Waals surface area contributed by atoms with Crippen LogP contribution in [-0.2, 0) is 36.8 Å². The highest BCUT2D eigenvalue weighted by molar-refractivity contribution is 7.80. The molecule has 0 aliphatic carbocycles. The van der Waals surface area contributed by atoms with Crippen molar-refractivity contribution in [3.8, 4) is 5.75 Å². The number of carboxylic acids is 1. The molecule has 232 valence electrons. The lowest BCUT2D eigenvalue weighted by Crippen LogP contribution is -2.60. The molecule has 4 amide bonds. The average molecular weight is 616 g/mol. The van der Waals surface area contributed by atoms with Gasteiger partial charge in [-0.3, -0.25) is 19.2 Å². The predicted octanol–water partition coefficient (Wildman–Crippen LogP) is -1.12. The van der Waals surface area contributed by atoms with E-state index in [2.05, 4.69) is 39.2 Å². The standard InChI is InChI=1S/C29H37N5O8S/c35-15-23(28(40)34-24(16-43)29(41)42)33-27(39)22(14-18-8-10-19(36)11-9-18)32-26(38)21(13-17-5-2-1-3-6-17)31-25(37)20-7-4-12-30-20/h1-3,5-6,8-11,20-24,30,35-36,43H,4,7,12-16H2,(H,31,37)(H,32,38)(H,33,39)(H,34,40)(H,41,42)/t20-,21-,22-,23-,24-/m0/s1. The Morgan fingerprint density at radius 2 is 1.33 bits per heavy atom. The van der Waals surface area contributed by atoms with Crippen molar-refractivity contribution in [2.24, 2.45) is 0 Å². The first-order chi connectivity index (χ1) is 20.6. The number of aromatic hydroxyl groups is 1. The molecule has 0 aromatic heterocycles. The van der Waals surface area contributed by atoms with Crippen molar-refractivity contribution < 1.29 is 39.3 Å². The first kappa shape index (κ1) is 33.4. The smallest absolute Gasteiger partial charge is 0.327 e. The van der Waals surface area contributed by atoms with Crippen LogP contribution in [0.15, 0.2) is 54.6 Å². The lowest BCUT2D eigenvalue weighted by molar-refractivity contribution is -0.142. The number of carboxylic acid groups (broad SMARTS) is 1. The molecule has 0 radical (unpaired) electrons. The average Bonchev–Trinajstić information content (AvgIpc) is 3.54. The van der Waals surface area contributed by atoms with E-state index in [1.165, 1.54) is 12.1 Å². The van der Waals surface area contributed by atoms with Gasteiger partial charge in [-0.05, 0) is 42.6 Å². The Labute approximate surface area is 254 Å². The van der Waals surface area contributed by atoms with Gasteiger partial charge in [-0.15, -0.1) is 0 Å². The van der Waals surface area contributed by atoms with Gasteiger partial charge in [0.2, 0.25) is 23.6 Å². The van der Waals surface area contributed by atoms with Crippen LogP contribution in [0.25, 0.3) is 0 Å². The summed E-state index contributed by atoms with van der Waals surface area (Å²) >= 11 is 3.89. The summed E-state index contributed by atoms with van der Waals surface area (Å²) in [6.07, 6.45) is 1.52. The fraction of sp³-hybridized carbons (Fsp3) is 0.414. The number of hydrogen-bond donors (Lipinski definition) is 9. The summed E-state index contributed by atoms with van der Waals surface area (Å²) in [5, 5.41) is 41.8. The highest BCUT2D eigenvalue weighted by Gasteiger charge is 2.32. The molecule has 14 heteroatoms. The fourth-order valence-corrected chi connectivity index (χ4v) is 4.76. The Hall–Kier alpha value is -4.14. The number of amides is 4. The molecule has 0 unspecified atom stereocenters. The molecule has 43 heavy (non-hydrogen) atoms. The number of phenols is 1. The molecule has 1 saturated heterocycles. The van der Waals surface area contributed by atoms with Crippen LogP contribution in [0, 0.1) is 0 Å². The third kappa shape index (κ3) is 10.3. The van der Waals surface area contributed by atoms with E-state index in [4.69, 9.17) is 0 Å². The number of aliphatic carboxylic acids is 1. The number of carbonyl (C=O) groups excluding carboxylic acids is 4. The third-order valence-corrected chi connectivity index (χ3v) is 7.28. The van der Waals surface area contributed by atoms with Gasteiger partial charge < -0.3 is 41.9 Å². The number of nitrogens with one attached hydrogen (secondary N) is 5. The van der Waals surface area contributed by atoms with E-state index in [-0.39, 0.29) is 30.3 Å². The fourth-order valence-electron chi connectivity index (χ4n) is 4.51. The van der Waals surface area contributed by atoms with Crippen molar-refractivity contribution >= 4 is 42.2 Å². The van der Waals surface area contributed by atoms with Gasteiger partial charge in [0.05, 0.1) is 12.6 Å². The minimum Gasteiger partial charge on any atom is -0.508 e. The second-order valence-corrected chi connectivity index (χ2v) is 10.5. The highest BCUT2D eigenvalue weighted by Crippen LogP contribution is 2.13. The molecule has 1 aliphatic heterocycles. The van der Waals surface area contributed by atoms with Crippen LogP contribution in [-0.4, -0.2) is 94.0 Å². The molecule has 8 N–H and O–H groups in total. The zero-order valence-electron chi connectivity index (χ0n) is 23.4. The van der Waals surface area contributed by atoms with Crippen molar-refractivity contribution in [3.63, 3.8) is 0 Å². The summed E-state index contributed by atoms with van der Waals surface area (Å²) in [7, 11) is 0. The zero-order chi connectivity index (χ0) is 31.4. The van der Waals surface area contributed by atoms with Gasteiger partial charge in [-0.1, -0.05) is 42.5 Å². The maximum absolute atomic E-state index is 13.6. The summed E-state index contributed by atoms with van der Waals surface area (Å²) in [5.74, 6) is -4.36. The number of thiol groups is 1. The molecule has 3 rings (SSSR count). The topological polar surface area (TPSA) is 206 Å². The molecular formula is C29H37N5O8S. The van der Waals surface area contributed by atoms with Gasteiger partial charge >= 0.3 is 5.97 Å². The Morgan fingerprint density at radius 3 is 1.86 bits per heavy atom. The second-order valence-electron chi connectivity index (χ2n) is 10.2. The minimum absolute atomic E-state index is 0.00543. The van der Waals surface area contributed by atoms with E-state index in [1.807, 2.05) is 6.07 Å². The van der Waals surface area contributed by atoms with Crippen molar-refractivity contribution in [2.75, 3.05) is 18.9 Å². The Kier molecular flexibility index (Phi) is 12.8. The largest absolute Gasteiger partial charge is 0.508 e. The quantitative estimate of drug-likeness (QED) is 0.111. The lowest BCUT2D eigenvalue weighted by atomic mass is 10.0. The Bertz CT molecular complexity index is 1260. The normalized spacial score (nSPS) is 17.1. The maximum Gasteiger partial charge on any atom is 0.327 e. The Balaban J connectivity index is 1.82. The molecule has 2 aromatic rings. The van der Waals surface area contributed by atoms with Gasteiger partial charge in [-0.2, -0.15) is 12.6 Å². The van der Waals surface area contributed by atoms with Crippen LogP contribution >= 0.6 is 12.6 Å². The number of hydrogen-bond acceptors (Lipinski definition) is 9. The molecular weight excluding hydrogens is 578 g/mol. The third-order valence-electron chi connectivity index (χ3n) is 6.91. The predicted molar refractivity (Wildman–Crippen MR) is 159 cm³/mol. The number of rotatable bonds is 15. The summed E-state index contributed by atoms with van der Waals surface area (Å²) in [6, 6.07) is 9.30.